The largest absolute Gasteiger partial charge is 0.357 e. The summed E-state index contributed by atoms with van der Waals surface area (Å²) < 4.78 is 0. The number of rotatable bonds is 3. The Bertz CT molecular complexity index is 1140. The number of piperidine rings is 1. The molecule has 0 bridgehead atoms. The van der Waals surface area contributed by atoms with E-state index in [1.54, 1.807) is 0 Å². The Labute approximate surface area is 189 Å². The van der Waals surface area contributed by atoms with Crippen LogP contribution in [0.5, 0.6) is 0 Å². The molecule has 2 aliphatic rings. The first-order chi connectivity index (χ1) is 15.5. The van der Waals surface area contributed by atoms with Crippen LogP contribution in [0.3, 0.4) is 0 Å². The van der Waals surface area contributed by atoms with E-state index < -0.39 is 0 Å². The van der Waals surface area contributed by atoms with Gasteiger partial charge in [0, 0.05) is 55.8 Å². The van der Waals surface area contributed by atoms with Crippen LogP contribution >= 0.6 is 0 Å². The highest BCUT2D eigenvalue weighted by Gasteiger charge is 2.33. The summed E-state index contributed by atoms with van der Waals surface area (Å²) in [5.41, 5.74) is 6.62. The molecule has 0 spiro atoms. The molecule has 2 aliphatic heterocycles. The van der Waals surface area contributed by atoms with Crippen molar-refractivity contribution in [2.24, 2.45) is 5.92 Å². The van der Waals surface area contributed by atoms with Gasteiger partial charge in [0.15, 0.2) is 0 Å². The lowest BCUT2D eigenvalue weighted by molar-refractivity contribution is -0.123. The number of pyridine rings is 1. The van der Waals surface area contributed by atoms with Crippen LogP contribution in [0.4, 0.5) is 11.5 Å². The Hall–Kier alpha value is -3.15. The molecule has 0 atom stereocenters. The van der Waals surface area contributed by atoms with Gasteiger partial charge in [0.25, 0.3) is 0 Å². The third-order valence-electron chi connectivity index (χ3n) is 6.78. The van der Waals surface area contributed by atoms with Gasteiger partial charge >= 0.3 is 0 Å². The first kappa shape index (κ1) is 20.7. The monoisotopic (exact) mass is 429 g/mol. The minimum atomic E-state index is 0.0424. The molecular weight excluding hydrogens is 398 g/mol. The number of anilines is 2. The zero-order valence-electron chi connectivity index (χ0n) is 19.2. The molecule has 0 saturated carbocycles. The van der Waals surface area contributed by atoms with Crippen molar-refractivity contribution in [2.75, 3.05) is 29.4 Å². The predicted octanol–water partition coefficient (Wildman–Crippen LogP) is 4.46. The normalized spacial score (nSPS) is 16.5. The third-order valence-corrected chi connectivity index (χ3v) is 6.78. The van der Waals surface area contributed by atoms with Gasteiger partial charge in [-0.2, -0.15) is 0 Å². The summed E-state index contributed by atoms with van der Waals surface area (Å²) in [5, 5.41) is 0. The number of carbonyl (C=O) groups excluding carboxylic acids is 1. The fourth-order valence-corrected chi connectivity index (χ4v) is 4.95. The molecule has 5 rings (SSSR count). The van der Waals surface area contributed by atoms with Crippen molar-refractivity contribution in [1.29, 1.82) is 0 Å². The maximum absolute atomic E-state index is 13.7. The van der Waals surface area contributed by atoms with Crippen LogP contribution in [-0.2, 0) is 17.6 Å². The number of H-pyrrole nitrogens is 1. The molecule has 3 aromatic rings. The van der Waals surface area contributed by atoms with Gasteiger partial charge in [0.1, 0.15) is 11.6 Å². The summed E-state index contributed by atoms with van der Waals surface area (Å²) in [6, 6.07) is 10.5. The number of benzene rings is 1. The average molecular weight is 430 g/mol. The number of carbonyl (C=O) groups is 1. The van der Waals surface area contributed by atoms with E-state index in [-0.39, 0.29) is 11.8 Å². The molecule has 0 aliphatic carbocycles. The summed E-state index contributed by atoms with van der Waals surface area (Å²) in [7, 11) is 0. The van der Waals surface area contributed by atoms with Crippen molar-refractivity contribution >= 4 is 17.4 Å². The fraction of sp³-hybridized carbons (Fsp3) is 0.423. The van der Waals surface area contributed by atoms with E-state index in [0.29, 0.717) is 6.54 Å². The molecule has 6 nitrogen and oxygen atoms in total. The topological polar surface area (TPSA) is 65.1 Å². The minimum Gasteiger partial charge on any atom is -0.357 e. The van der Waals surface area contributed by atoms with Crippen LogP contribution in [-0.4, -0.2) is 40.5 Å². The highest BCUT2D eigenvalue weighted by molar-refractivity contribution is 5.99. The van der Waals surface area contributed by atoms with Crippen molar-refractivity contribution in [1.82, 2.24) is 15.0 Å². The van der Waals surface area contributed by atoms with Gasteiger partial charge in [0.05, 0.1) is 11.4 Å². The number of amides is 1. The quantitative estimate of drug-likeness (QED) is 0.668. The second-order valence-electron chi connectivity index (χ2n) is 9.08. The van der Waals surface area contributed by atoms with Crippen molar-refractivity contribution in [2.45, 2.75) is 46.5 Å². The summed E-state index contributed by atoms with van der Waals surface area (Å²) in [6.45, 7) is 8.72. The second-order valence-corrected chi connectivity index (χ2v) is 9.08. The molecule has 166 valence electrons. The number of fused-ring (bicyclic) bond motifs is 3. The van der Waals surface area contributed by atoms with Gasteiger partial charge in [-0.05, 0) is 56.5 Å². The molecule has 1 saturated heterocycles. The van der Waals surface area contributed by atoms with Crippen LogP contribution in [0, 0.1) is 19.8 Å². The molecule has 2 aromatic heterocycles. The molecule has 1 fully saturated rings. The Balaban J connectivity index is 1.38. The highest BCUT2D eigenvalue weighted by Crippen LogP contribution is 2.37. The van der Waals surface area contributed by atoms with Gasteiger partial charge in [-0.25, -0.2) is 9.97 Å². The van der Waals surface area contributed by atoms with Crippen molar-refractivity contribution in [3.8, 4) is 11.3 Å². The number of aromatic nitrogens is 3. The molecule has 0 radical (unpaired) electrons. The summed E-state index contributed by atoms with van der Waals surface area (Å²) in [4.78, 5) is 30.9. The van der Waals surface area contributed by atoms with Crippen molar-refractivity contribution in [3.05, 3.63) is 59.2 Å². The first-order valence-electron chi connectivity index (χ1n) is 11.7. The standard InChI is InChI=1S/C26H31N5O/c1-4-23-28-21-10-14-31(22-6-5-17(2)15-20(22)25(21)29-23)26(32)19-8-12-30(13-9-19)24-16-18(3)7-11-27-24/h5-7,11,15-16,19H,4,8-10,12-14H2,1-3H3,(H,28,29). The van der Waals surface area contributed by atoms with Crippen molar-refractivity contribution < 1.29 is 4.79 Å². The first-order valence-corrected chi connectivity index (χ1v) is 11.7. The summed E-state index contributed by atoms with van der Waals surface area (Å²) >= 11 is 0. The predicted molar refractivity (Wildman–Crippen MR) is 128 cm³/mol. The van der Waals surface area contributed by atoms with Gasteiger partial charge in [-0.3, -0.25) is 4.79 Å². The second kappa shape index (κ2) is 8.41. The van der Waals surface area contributed by atoms with E-state index in [0.717, 1.165) is 73.1 Å². The fourth-order valence-electron chi connectivity index (χ4n) is 4.95. The van der Waals surface area contributed by atoms with Gasteiger partial charge in [-0.15, -0.1) is 0 Å². The molecule has 6 heteroatoms. The van der Waals surface area contributed by atoms with Gasteiger partial charge in [-0.1, -0.05) is 18.6 Å². The number of nitrogens with one attached hydrogen (secondary N) is 1. The van der Waals surface area contributed by atoms with Crippen LogP contribution in [0.25, 0.3) is 11.3 Å². The van der Waals surface area contributed by atoms with Gasteiger partial charge in [0.2, 0.25) is 5.91 Å². The van der Waals surface area contributed by atoms with E-state index in [4.69, 9.17) is 4.98 Å². The lowest BCUT2D eigenvalue weighted by atomic mass is 9.94. The lowest BCUT2D eigenvalue weighted by Crippen LogP contribution is -2.43. The maximum atomic E-state index is 13.7. The SMILES string of the molecule is CCc1nc2c([nH]1)CCN(C(=O)C1CCN(c3cc(C)ccn3)CC1)c1ccc(C)cc1-2. The smallest absolute Gasteiger partial charge is 0.230 e. The maximum Gasteiger partial charge on any atom is 0.230 e. The average Bonchev–Trinajstić information content (AvgIpc) is 3.17. The molecule has 1 N–H and O–H groups in total. The highest BCUT2D eigenvalue weighted by atomic mass is 16.2. The van der Waals surface area contributed by atoms with E-state index >= 15 is 0 Å². The van der Waals surface area contributed by atoms with E-state index in [2.05, 4.69) is 59.9 Å². The van der Waals surface area contributed by atoms with E-state index in [9.17, 15) is 4.79 Å². The van der Waals surface area contributed by atoms with Crippen LogP contribution < -0.4 is 9.80 Å². The summed E-state index contributed by atoms with van der Waals surface area (Å²) in [5.74, 6) is 2.32. The number of aromatic amines is 1. The molecule has 32 heavy (non-hydrogen) atoms. The number of hydrogen-bond acceptors (Lipinski definition) is 4. The number of aryl methyl sites for hydroxylation is 3. The Morgan fingerprint density at radius 1 is 1.09 bits per heavy atom. The molecule has 0 unspecified atom stereocenters. The molecule has 1 aromatic carbocycles. The zero-order valence-corrected chi connectivity index (χ0v) is 19.2. The van der Waals surface area contributed by atoms with Crippen molar-refractivity contribution in [3.63, 3.8) is 0 Å². The van der Waals surface area contributed by atoms with Gasteiger partial charge < -0.3 is 14.8 Å². The van der Waals surface area contributed by atoms with Crippen LogP contribution in [0.15, 0.2) is 36.5 Å². The zero-order chi connectivity index (χ0) is 22.2. The van der Waals surface area contributed by atoms with E-state index in [1.807, 2.05) is 17.2 Å². The Morgan fingerprint density at radius 3 is 2.62 bits per heavy atom. The van der Waals surface area contributed by atoms with Crippen LogP contribution in [0.2, 0.25) is 0 Å². The molecular formula is C26H31N5O. The third kappa shape index (κ3) is 3.78. The number of hydrogen-bond donors (Lipinski definition) is 1. The summed E-state index contributed by atoms with van der Waals surface area (Å²) in [6.07, 6.45) is 5.26. The Morgan fingerprint density at radius 2 is 1.88 bits per heavy atom. The van der Waals surface area contributed by atoms with E-state index in [1.165, 1.54) is 11.1 Å². The lowest BCUT2D eigenvalue weighted by Gasteiger charge is -2.35. The molecule has 4 heterocycles. The Kier molecular flexibility index (Phi) is 5.45. The van der Waals surface area contributed by atoms with Crippen LogP contribution in [0.1, 0.15) is 42.4 Å². The number of imidazole rings is 1. The minimum absolute atomic E-state index is 0.0424. The number of nitrogens with zero attached hydrogens (tertiary/aromatic N) is 4. The molecule has 1 amide bonds.